The van der Waals surface area contributed by atoms with Gasteiger partial charge in [0.05, 0.1) is 17.8 Å². The van der Waals surface area contributed by atoms with Crippen LogP contribution in [0.3, 0.4) is 0 Å². The van der Waals surface area contributed by atoms with E-state index in [0.29, 0.717) is 16.9 Å². The van der Waals surface area contributed by atoms with Crippen molar-refractivity contribution >= 4 is 23.6 Å². The lowest BCUT2D eigenvalue weighted by molar-refractivity contribution is -0.385. The van der Waals surface area contributed by atoms with Crippen LogP contribution in [-0.2, 0) is 16.1 Å². The molecule has 0 spiro atoms. The number of nitrogens with zero attached hydrogens (tertiary/aromatic N) is 1. The normalized spacial score (nSPS) is 12.9. The highest BCUT2D eigenvalue weighted by Gasteiger charge is 2.19. The predicted octanol–water partition coefficient (Wildman–Crippen LogP) is 1.53. The Labute approximate surface area is 146 Å². The van der Waals surface area contributed by atoms with Gasteiger partial charge in [-0.15, -0.1) is 0 Å². The highest BCUT2D eigenvalue weighted by molar-refractivity contribution is 5.96. The first-order valence-electron chi connectivity index (χ1n) is 7.38. The van der Waals surface area contributed by atoms with Gasteiger partial charge in [-0.1, -0.05) is 0 Å². The van der Waals surface area contributed by atoms with Gasteiger partial charge >= 0.3 is 5.91 Å². The van der Waals surface area contributed by atoms with Crippen LogP contribution in [0.25, 0.3) is 6.08 Å². The number of rotatable bonds is 4. The fourth-order valence-corrected chi connectivity index (χ4v) is 2.26. The van der Waals surface area contributed by atoms with Crippen molar-refractivity contribution in [2.24, 2.45) is 0 Å². The van der Waals surface area contributed by atoms with Gasteiger partial charge in [-0.2, -0.15) is 0 Å². The second-order valence-corrected chi connectivity index (χ2v) is 5.15. The lowest BCUT2D eigenvalue weighted by atomic mass is 10.1. The van der Waals surface area contributed by atoms with Gasteiger partial charge in [0.1, 0.15) is 5.75 Å². The van der Waals surface area contributed by atoms with Crippen molar-refractivity contribution in [2.75, 3.05) is 6.79 Å². The average molecular weight is 359 g/mol. The number of carbonyl (C=O) groups is 2. The smallest absolute Gasteiger partial charge is 0.305 e. The number of amides is 2. The van der Waals surface area contributed by atoms with Crippen LogP contribution in [0.1, 0.15) is 21.7 Å². The molecule has 0 radical (unpaired) electrons. The van der Waals surface area contributed by atoms with Gasteiger partial charge in [-0.25, -0.2) is 0 Å². The first kappa shape index (κ1) is 17.2. The van der Waals surface area contributed by atoms with E-state index in [2.05, 4.69) is 10.9 Å². The molecule has 2 N–H and O–H groups in total. The van der Waals surface area contributed by atoms with Gasteiger partial charge in [0, 0.05) is 29.3 Å². The quantitative estimate of drug-likeness (QED) is 0.480. The van der Waals surface area contributed by atoms with E-state index in [0.717, 1.165) is 6.08 Å². The molecule has 10 heteroatoms. The molecule has 0 saturated heterocycles. The number of hydrogen-bond donors (Lipinski definition) is 2. The summed E-state index contributed by atoms with van der Waals surface area (Å²) in [6.07, 6.45) is 3.79. The second-order valence-electron chi connectivity index (χ2n) is 5.15. The van der Waals surface area contributed by atoms with Crippen molar-refractivity contribution in [2.45, 2.75) is 6.61 Å². The molecule has 1 aromatic heterocycles. The molecule has 0 fully saturated rings. The van der Waals surface area contributed by atoms with Gasteiger partial charge in [0.15, 0.2) is 12.6 Å². The van der Waals surface area contributed by atoms with Crippen LogP contribution in [-0.4, -0.2) is 23.5 Å². The minimum absolute atomic E-state index is 0.0110. The Balaban J connectivity index is 1.71. The summed E-state index contributed by atoms with van der Waals surface area (Å²) in [7, 11) is 0. The minimum atomic E-state index is -0.641. The molecule has 0 unspecified atom stereocenters. The van der Waals surface area contributed by atoms with Gasteiger partial charge < -0.3 is 13.9 Å². The van der Waals surface area contributed by atoms with Gasteiger partial charge in [-0.3, -0.25) is 30.6 Å². The zero-order chi connectivity index (χ0) is 18.5. The van der Waals surface area contributed by atoms with Crippen molar-refractivity contribution in [1.82, 2.24) is 10.9 Å². The van der Waals surface area contributed by atoms with Crippen LogP contribution in [0.5, 0.6) is 5.75 Å². The maximum absolute atomic E-state index is 11.8. The molecule has 26 heavy (non-hydrogen) atoms. The van der Waals surface area contributed by atoms with E-state index in [-0.39, 0.29) is 24.8 Å². The third-order valence-corrected chi connectivity index (χ3v) is 3.39. The van der Waals surface area contributed by atoms with E-state index in [1.807, 2.05) is 0 Å². The number of nitro benzene ring substituents is 1. The molecular weight excluding hydrogens is 346 g/mol. The molecule has 0 saturated carbocycles. The summed E-state index contributed by atoms with van der Waals surface area (Å²) >= 11 is 0. The standard InChI is InChI=1S/C16H13N3O7/c20-14(17-18-16(21)13-2-1-5-25-13)4-3-10-6-12(19(22)23)7-11-8-24-9-26-15(10)11/h1-7H,8-9H2,(H,17,20)(H,18,21)/b4-3+. The van der Waals surface area contributed by atoms with Crippen molar-refractivity contribution < 1.29 is 28.4 Å². The number of benzene rings is 1. The SMILES string of the molecule is O=C(/C=C/c1cc([N+](=O)[O-])cc2c1OCOC2)NNC(=O)c1ccco1. The number of nitrogens with one attached hydrogen (secondary N) is 2. The number of nitro groups is 1. The number of non-ortho nitro benzene ring substituents is 1. The maximum atomic E-state index is 11.8. The molecule has 2 amide bonds. The second kappa shape index (κ2) is 7.49. The van der Waals surface area contributed by atoms with Crippen LogP contribution < -0.4 is 15.6 Å². The van der Waals surface area contributed by atoms with Crippen LogP contribution in [0.2, 0.25) is 0 Å². The number of furan rings is 1. The van der Waals surface area contributed by atoms with Crippen LogP contribution in [0.15, 0.2) is 41.0 Å². The molecule has 3 rings (SSSR count). The number of hydrogen-bond acceptors (Lipinski definition) is 7. The van der Waals surface area contributed by atoms with Crippen molar-refractivity contribution in [3.63, 3.8) is 0 Å². The van der Waals surface area contributed by atoms with E-state index in [4.69, 9.17) is 13.9 Å². The molecule has 134 valence electrons. The Morgan fingerprint density at radius 1 is 1.27 bits per heavy atom. The summed E-state index contributed by atoms with van der Waals surface area (Å²) in [5.74, 6) is -0.817. The largest absolute Gasteiger partial charge is 0.467 e. The molecule has 1 aliphatic rings. The van der Waals surface area contributed by atoms with Crippen molar-refractivity contribution in [3.05, 3.63) is 63.6 Å². The van der Waals surface area contributed by atoms with Gasteiger partial charge in [0.2, 0.25) is 0 Å². The first-order chi connectivity index (χ1) is 12.5. The van der Waals surface area contributed by atoms with Gasteiger partial charge in [-0.05, 0) is 18.2 Å². The summed E-state index contributed by atoms with van der Waals surface area (Å²) in [6, 6.07) is 5.61. The number of fused-ring (bicyclic) bond motifs is 1. The third-order valence-electron chi connectivity index (χ3n) is 3.39. The van der Waals surface area contributed by atoms with Crippen LogP contribution in [0.4, 0.5) is 5.69 Å². The summed E-state index contributed by atoms with van der Waals surface area (Å²) in [6.45, 7) is 0.181. The molecular formula is C16H13N3O7. The van der Waals surface area contributed by atoms with E-state index in [1.54, 1.807) is 0 Å². The highest BCUT2D eigenvalue weighted by atomic mass is 16.7. The molecule has 2 aromatic rings. The molecule has 1 aromatic carbocycles. The Morgan fingerprint density at radius 3 is 2.85 bits per heavy atom. The zero-order valence-electron chi connectivity index (χ0n) is 13.3. The minimum Gasteiger partial charge on any atom is -0.467 e. The zero-order valence-corrected chi connectivity index (χ0v) is 13.3. The Bertz CT molecular complexity index is 874. The monoisotopic (exact) mass is 359 g/mol. The Hall–Kier alpha value is -3.66. The van der Waals surface area contributed by atoms with Crippen LogP contribution in [0, 0.1) is 10.1 Å². The van der Waals surface area contributed by atoms with E-state index in [9.17, 15) is 19.7 Å². The summed E-state index contributed by atoms with van der Waals surface area (Å²) < 4.78 is 15.3. The molecule has 0 aliphatic carbocycles. The van der Waals surface area contributed by atoms with Gasteiger partial charge in [0.25, 0.3) is 11.6 Å². The topological polar surface area (TPSA) is 133 Å². The van der Waals surface area contributed by atoms with E-state index >= 15 is 0 Å². The van der Waals surface area contributed by atoms with Crippen molar-refractivity contribution in [1.29, 1.82) is 0 Å². The summed E-state index contributed by atoms with van der Waals surface area (Å²) in [5, 5.41) is 11.0. The third kappa shape index (κ3) is 3.87. The lowest BCUT2D eigenvalue weighted by Gasteiger charge is -2.19. The summed E-state index contributed by atoms with van der Waals surface area (Å²) in [5.41, 5.74) is 5.06. The lowest BCUT2D eigenvalue weighted by Crippen LogP contribution is -2.40. The van der Waals surface area contributed by atoms with Crippen molar-refractivity contribution in [3.8, 4) is 5.75 Å². The van der Waals surface area contributed by atoms with E-state index < -0.39 is 16.7 Å². The number of ether oxygens (including phenoxy) is 2. The van der Waals surface area contributed by atoms with E-state index in [1.165, 1.54) is 36.6 Å². The molecule has 1 aliphatic heterocycles. The highest BCUT2D eigenvalue weighted by Crippen LogP contribution is 2.33. The fraction of sp³-hybridized carbons (Fsp3) is 0.125. The predicted molar refractivity (Wildman–Crippen MR) is 86.7 cm³/mol. The molecule has 2 heterocycles. The molecule has 10 nitrogen and oxygen atoms in total. The van der Waals surface area contributed by atoms with Crippen LogP contribution >= 0.6 is 0 Å². The molecule has 0 atom stereocenters. The number of hydrazine groups is 1. The maximum Gasteiger partial charge on any atom is 0.305 e. The number of carbonyl (C=O) groups excluding carboxylic acids is 2. The summed E-state index contributed by atoms with van der Waals surface area (Å²) in [4.78, 5) is 34.0. The Kier molecular flexibility index (Phi) is 4.94. The fourth-order valence-electron chi connectivity index (χ4n) is 2.26. The Morgan fingerprint density at radius 2 is 2.12 bits per heavy atom. The molecule has 0 bridgehead atoms. The first-order valence-corrected chi connectivity index (χ1v) is 7.38. The average Bonchev–Trinajstić information content (AvgIpc) is 3.18.